The molecule has 0 radical (unpaired) electrons. The molecule has 0 unspecified atom stereocenters. The van der Waals surface area contributed by atoms with E-state index < -0.39 is 0 Å². The fourth-order valence-corrected chi connectivity index (χ4v) is 1.85. The molecule has 0 bridgehead atoms. The van der Waals surface area contributed by atoms with Crippen LogP contribution in [0.1, 0.15) is 38.8 Å². The summed E-state index contributed by atoms with van der Waals surface area (Å²) in [5.74, 6) is 0.748. The van der Waals surface area contributed by atoms with Crippen LogP contribution in [0.4, 0.5) is 5.82 Å². The molecule has 20 heavy (non-hydrogen) atoms. The Bertz CT molecular complexity index is 578. The summed E-state index contributed by atoms with van der Waals surface area (Å²) in [6.07, 6.45) is 1.74. The molecule has 3 nitrogen and oxygen atoms in total. The molecule has 0 saturated carbocycles. The summed E-state index contributed by atoms with van der Waals surface area (Å²) in [7, 11) is 0. The Morgan fingerprint density at radius 3 is 2.30 bits per heavy atom. The van der Waals surface area contributed by atoms with Crippen LogP contribution in [-0.2, 0) is 5.41 Å². The quantitative estimate of drug-likeness (QED) is 0.668. The normalized spacial score (nSPS) is 12.3. The second-order valence-corrected chi connectivity index (χ2v) is 5.85. The van der Waals surface area contributed by atoms with Gasteiger partial charge in [0.05, 0.1) is 5.71 Å². The van der Waals surface area contributed by atoms with Crippen LogP contribution < -0.4 is 5.43 Å². The SMILES string of the molecule is C/C(=N\Nc1ccccn1)c1ccc(C(C)(C)C)cc1. The Morgan fingerprint density at radius 1 is 1.05 bits per heavy atom. The van der Waals surface area contributed by atoms with Crippen LogP contribution in [0.2, 0.25) is 0 Å². The summed E-state index contributed by atoms with van der Waals surface area (Å²) < 4.78 is 0. The standard InChI is InChI=1S/C17H21N3/c1-13(19-20-16-7-5-6-12-18-16)14-8-10-15(11-9-14)17(2,3)4/h5-12H,1-4H3,(H,18,20)/b19-13+. The van der Waals surface area contributed by atoms with Crippen LogP contribution in [0.5, 0.6) is 0 Å². The zero-order valence-electron chi connectivity index (χ0n) is 12.5. The molecule has 0 aliphatic heterocycles. The van der Waals surface area contributed by atoms with E-state index in [1.165, 1.54) is 5.56 Å². The summed E-state index contributed by atoms with van der Waals surface area (Å²) >= 11 is 0. The highest BCUT2D eigenvalue weighted by Gasteiger charge is 2.13. The lowest BCUT2D eigenvalue weighted by atomic mass is 9.86. The molecule has 2 aromatic rings. The Balaban J connectivity index is 2.11. The summed E-state index contributed by atoms with van der Waals surface area (Å²) in [4.78, 5) is 4.17. The Kier molecular flexibility index (Phi) is 4.18. The van der Waals surface area contributed by atoms with Crippen molar-refractivity contribution in [1.29, 1.82) is 0 Å². The van der Waals surface area contributed by atoms with E-state index >= 15 is 0 Å². The lowest BCUT2D eigenvalue weighted by molar-refractivity contribution is 0.590. The van der Waals surface area contributed by atoms with Gasteiger partial charge in [0.15, 0.2) is 0 Å². The number of hydrogen-bond donors (Lipinski definition) is 1. The average molecular weight is 267 g/mol. The van der Waals surface area contributed by atoms with Gasteiger partial charge in [-0.15, -0.1) is 0 Å². The van der Waals surface area contributed by atoms with Crippen LogP contribution in [0, 0.1) is 0 Å². The minimum atomic E-state index is 0.176. The van der Waals surface area contributed by atoms with Crippen molar-refractivity contribution < 1.29 is 0 Å². The largest absolute Gasteiger partial charge is 0.261 e. The van der Waals surface area contributed by atoms with Crippen molar-refractivity contribution in [2.75, 3.05) is 5.43 Å². The van der Waals surface area contributed by atoms with E-state index in [-0.39, 0.29) is 5.41 Å². The van der Waals surface area contributed by atoms with E-state index in [1.807, 2.05) is 25.1 Å². The van der Waals surface area contributed by atoms with Crippen LogP contribution >= 0.6 is 0 Å². The third-order valence-corrected chi connectivity index (χ3v) is 3.17. The van der Waals surface area contributed by atoms with Gasteiger partial charge in [-0.2, -0.15) is 5.10 Å². The summed E-state index contributed by atoms with van der Waals surface area (Å²) in [6.45, 7) is 8.63. The van der Waals surface area contributed by atoms with E-state index in [2.05, 4.69) is 60.5 Å². The number of nitrogens with zero attached hydrogens (tertiary/aromatic N) is 2. The molecule has 0 saturated heterocycles. The van der Waals surface area contributed by atoms with E-state index in [4.69, 9.17) is 0 Å². The van der Waals surface area contributed by atoms with Gasteiger partial charge in [-0.3, -0.25) is 5.43 Å². The predicted octanol–water partition coefficient (Wildman–Crippen LogP) is 4.22. The van der Waals surface area contributed by atoms with Crippen LogP contribution in [0.15, 0.2) is 53.8 Å². The van der Waals surface area contributed by atoms with E-state index in [0.29, 0.717) is 0 Å². The fraction of sp³-hybridized carbons (Fsp3) is 0.294. The smallest absolute Gasteiger partial charge is 0.146 e. The highest BCUT2D eigenvalue weighted by Crippen LogP contribution is 2.22. The van der Waals surface area contributed by atoms with Gasteiger partial charge in [-0.1, -0.05) is 51.1 Å². The molecular formula is C17H21N3. The average Bonchev–Trinajstić information content (AvgIpc) is 2.45. The maximum absolute atomic E-state index is 4.36. The third kappa shape index (κ3) is 3.67. The molecule has 0 spiro atoms. The van der Waals surface area contributed by atoms with Crippen molar-refractivity contribution in [2.45, 2.75) is 33.1 Å². The molecule has 0 amide bonds. The van der Waals surface area contributed by atoms with Gasteiger partial charge in [0.1, 0.15) is 5.82 Å². The van der Waals surface area contributed by atoms with Gasteiger partial charge < -0.3 is 0 Å². The monoisotopic (exact) mass is 267 g/mol. The zero-order chi connectivity index (χ0) is 14.6. The molecule has 104 valence electrons. The molecule has 1 heterocycles. The summed E-state index contributed by atoms with van der Waals surface area (Å²) in [5, 5.41) is 4.36. The fourth-order valence-electron chi connectivity index (χ4n) is 1.85. The van der Waals surface area contributed by atoms with Gasteiger partial charge >= 0.3 is 0 Å². The molecule has 2 rings (SSSR count). The summed E-state index contributed by atoms with van der Waals surface area (Å²) in [6, 6.07) is 14.2. The second-order valence-electron chi connectivity index (χ2n) is 5.85. The number of nitrogens with one attached hydrogen (secondary N) is 1. The van der Waals surface area contributed by atoms with Gasteiger partial charge in [0.2, 0.25) is 0 Å². The second kappa shape index (κ2) is 5.87. The topological polar surface area (TPSA) is 37.3 Å². The maximum atomic E-state index is 4.36. The number of rotatable bonds is 3. The van der Waals surface area contributed by atoms with Gasteiger partial charge in [-0.05, 0) is 35.6 Å². The van der Waals surface area contributed by atoms with Gasteiger partial charge in [0, 0.05) is 6.20 Å². The first-order valence-corrected chi connectivity index (χ1v) is 6.79. The van der Waals surface area contributed by atoms with Crippen molar-refractivity contribution in [3.8, 4) is 0 Å². The number of benzene rings is 1. The molecule has 0 fully saturated rings. The minimum absolute atomic E-state index is 0.176. The van der Waals surface area contributed by atoms with Crippen molar-refractivity contribution in [1.82, 2.24) is 4.98 Å². The number of hydrazone groups is 1. The molecule has 1 aromatic heterocycles. The molecular weight excluding hydrogens is 246 g/mol. The summed E-state index contributed by atoms with van der Waals surface area (Å²) in [5.41, 5.74) is 6.52. The Labute approximate surface area is 120 Å². The van der Waals surface area contributed by atoms with Crippen molar-refractivity contribution in [3.63, 3.8) is 0 Å². The molecule has 0 atom stereocenters. The maximum Gasteiger partial charge on any atom is 0.146 e. The molecule has 3 heteroatoms. The zero-order valence-corrected chi connectivity index (χ0v) is 12.5. The Hall–Kier alpha value is -2.16. The highest BCUT2D eigenvalue weighted by atomic mass is 15.3. The number of pyridine rings is 1. The lowest BCUT2D eigenvalue weighted by Crippen LogP contribution is -2.11. The first-order valence-electron chi connectivity index (χ1n) is 6.79. The minimum Gasteiger partial charge on any atom is -0.261 e. The molecule has 1 N–H and O–H groups in total. The Morgan fingerprint density at radius 2 is 1.75 bits per heavy atom. The highest BCUT2D eigenvalue weighted by molar-refractivity contribution is 5.99. The predicted molar refractivity (Wildman–Crippen MR) is 85.2 cm³/mol. The van der Waals surface area contributed by atoms with Crippen molar-refractivity contribution in [3.05, 3.63) is 59.8 Å². The first kappa shape index (κ1) is 14.3. The van der Waals surface area contributed by atoms with Crippen molar-refractivity contribution in [2.24, 2.45) is 5.10 Å². The molecule has 0 aliphatic rings. The molecule has 0 aliphatic carbocycles. The first-order chi connectivity index (χ1) is 9.47. The van der Waals surface area contributed by atoms with E-state index in [9.17, 15) is 0 Å². The lowest BCUT2D eigenvalue weighted by Gasteiger charge is -2.19. The van der Waals surface area contributed by atoms with Crippen LogP contribution in [0.3, 0.4) is 0 Å². The number of hydrogen-bond acceptors (Lipinski definition) is 3. The van der Waals surface area contributed by atoms with Crippen LogP contribution in [0.25, 0.3) is 0 Å². The third-order valence-electron chi connectivity index (χ3n) is 3.17. The van der Waals surface area contributed by atoms with Gasteiger partial charge in [0.25, 0.3) is 0 Å². The number of anilines is 1. The van der Waals surface area contributed by atoms with Crippen LogP contribution in [-0.4, -0.2) is 10.7 Å². The van der Waals surface area contributed by atoms with Gasteiger partial charge in [-0.25, -0.2) is 4.98 Å². The van der Waals surface area contributed by atoms with E-state index in [0.717, 1.165) is 17.1 Å². The van der Waals surface area contributed by atoms with E-state index in [1.54, 1.807) is 6.20 Å². The van der Waals surface area contributed by atoms with Crippen molar-refractivity contribution >= 4 is 11.5 Å². The number of aromatic nitrogens is 1. The molecule has 1 aromatic carbocycles.